The highest BCUT2D eigenvalue weighted by atomic mass is 16.6. The van der Waals surface area contributed by atoms with Crippen molar-refractivity contribution in [1.29, 1.82) is 0 Å². The van der Waals surface area contributed by atoms with Gasteiger partial charge in [0.15, 0.2) is 0 Å². The molecule has 0 aliphatic carbocycles. The first kappa shape index (κ1) is 11.0. The Morgan fingerprint density at radius 1 is 1.14 bits per heavy atom. The topological polar surface area (TPSA) is 53.7 Å². The normalized spacial score (nSPS) is 10.2. The molecule has 1 aromatic carbocycles. The second-order valence-corrected chi connectivity index (χ2v) is 2.88. The molecule has 0 bridgehead atoms. The van der Waals surface area contributed by atoms with E-state index in [0.29, 0.717) is 13.2 Å². The molecule has 0 aliphatic heterocycles. The Balaban J connectivity index is 2.91. The molecule has 4 nitrogen and oxygen atoms in total. The number of benzene rings is 1. The van der Waals surface area contributed by atoms with Crippen LogP contribution in [0.1, 0.15) is 11.1 Å². The quantitative estimate of drug-likeness (QED) is 0.721. The van der Waals surface area contributed by atoms with Gasteiger partial charge in [0.05, 0.1) is 20.3 Å². The second-order valence-electron chi connectivity index (χ2n) is 2.88. The molecule has 0 spiro atoms. The fraction of sp³-hybridized carbons (Fsp3) is 0.400. The summed E-state index contributed by atoms with van der Waals surface area (Å²) < 4.78 is 10.1. The van der Waals surface area contributed by atoms with Gasteiger partial charge in [0.2, 0.25) is 0 Å². The minimum atomic E-state index is 0.357. The van der Waals surface area contributed by atoms with E-state index >= 15 is 0 Å². The third-order valence-corrected chi connectivity index (χ3v) is 1.95. The van der Waals surface area contributed by atoms with Gasteiger partial charge in [-0.15, -0.1) is 0 Å². The highest BCUT2D eigenvalue weighted by molar-refractivity contribution is 5.35. The van der Waals surface area contributed by atoms with Gasteiger partial charge in [0.1, 0.15) is 5.75 Å². The van der Waals surface area contributed by atoms with Crippen LogP contribution < -0.4 is 10.6 Å². The molecule has 0 amide bonds. The minimum Gasteiger partial charge on any atom is -0.497 e. The van der Waals surface area contributed by atoms with Crippen LogP contribution in [0, 0.1) is 0 Å². The van der Waals surface area contributed by atoms with Crippen LogP contribution in [0.25, 0.3) is 0 Å². The van der Waals surface area contributed by atoms with Crippen LogP contribution in [-0.2, 0) is 22.8 Å². The zero-order chi connectivity index (χ0) is 10.4. The summed E-state index contributed by atoms with van der Waals surface area (Å²) in [5, 5.41) is 0. The van der Waals surface area contributed by atoms with Crippen LogP contribution >= 0.6 is 0 Å². The number of nitrogens with two attached hydrogens (primary N) is 1. The van der Waals surface area contributed by atoms with Gasteiger partial charge < -0.3 is 9.47 Å². The van der Waals surface area contributed by atoms with Crippen molar-refractivity contribution in [1.82, 2.24) is 0 Å². The fourth-order valence-corrected chi connectivity index (χ4v) is 1.25. The lowest BCUT2D eigenvalue weighted by molar-refractivity contribution is 0.120. The van der Waals surface area contributed by atoms with Crippen LogP contribution in [0.15, 0.2) is 18.2 Å². The molecule has 2 N–H and O–H groups in total. The van der Waals surface area contributed by atoms with Crippen molar-refractivity contribution >= 4 is 0 Å². The summed E-state index contributed by atoms with van der Waals surface area (Å²) in [6, 6.07) is 5.71. The van der Waals surface area contributed by atoms with Crippen molar-refractivity contribution in [3.05, 3.63) is 29.3 Å². The lowest BCUT2D eigenvalue weighted by atomic mass is 10.1. The molecule has 0 saturated heterocycles. The van der Waals surface area contributed by atoms with Gasteiger partial charge in [0.25, 0.3) is 0 Å². The van der Waals surface area contributed by atoms with E-state index in [1.165, 1.54) is 0 Å². The van der Waals surface area contributed by atoms with E-state index in [4.69, 9.17) is 15.4 Å². The lowest BCUT2D eigenvalue weighted by Crippen LogP contribution is -2.03. The zero-order valence-corrected chi connectivity index (χ0v) is 8.45. The second kappa shape index (κ2) is 5.59. The summed E-state index contributed by atoms with van der Waals surface area (Å²) in [5.41, 5.74) is 2.03. The van der Waals surface area contributed by atoms with E-state index in [1.807, 2.05) is 18.2 Å². The van der Waals surface area contributed by atoms with E-state index < -0.39 is 0 Å². The maximum absolute atomic E-state index is 5.10. The number of ether oxygens (including phenoxy) is 2. The van der Waals surface area contributed by atoms with Gasteiger partial charge in [0, 0.05) is 7.11 Å². The van der Waals surface area contributed by atoms with Crippen LogP contribution in [0.5, 0.6) is 5.75 Å². The summed E-state index contributed by atoms with van der Waals surface area (Å²) >= 11 is 0. The van der Waals surface area contributed by atoms with Gasteiger partial charge in [-0.2, -0.15) is 0 Å². The summed E-state index contributed by atoms with van der Waals surface area (Å²) in [4.78, 5) is 4.60. The summed E-state index contributed by atoms with van der Waals surface area (Å²) in [5.74, 6) is 5.82. The Hall–Kier alpha value is -1.10. The zero-order valence-electron chi connectivity index (χ0n) is 8.45. The minimum absolute atomic E-state index is 0.357. The average Bonchev–Trinajstić information content (AvgIpc) is 2.21. The molecule has 78 valence electrons. The first-order chi connectivity index (χ1) is 6.81. The molecule has 0 saturated carbocycles. The molecule has 0 aliphatic rings. The van der Waals surface area contributed by atoms with Crippen molar-refractivity contribution in [2.24, 2.45) is 5.90 Å². The maximum atomic E-state index is 5.10. The monoisotopic (exact) mass is 197 g/mol. The van der Waals surface area contributed by atoms with Gasteiger partial charge >= 0.3 is 0 Å². The van der Waals surface area contributed by atoms with Crippen molar-refractivity contribution in [2.75, 3.05) is 14.2 Å². The van der Waals surface area contributed by atoms with Crippen LogP contribution in [0.3, 0.4) is 0 Å². The Labute approximate surface area is 83.5 Å². The van der Waals surface area contributed by atoms with Gasteiger partial charge in [-0.25, -0.2) is 5.90 Å². The number of rotatable bonds is 5. The van der Waals surface area contributed by atoms with E-state index in [0.717, 1.165) is 16.9 Å². The third kappa shape index (κ3) is 2.70. The van der Waals surface area contributed by atoms with E-state index in [-0.39, 0.29) is 0 Å². The Morgan fingerprint density at radius 3 is 2.50 bits per heavy atom. The average molecular weight is 197 g/mol. The third-order valence-electron chi connectivity index (χ3n) is 1.95. The Kier molecular flexibility index (Phi) is 4.39. The van der Waals surface area contributed by atoms with Crippen molar-refractivity contribution in [2.45, 2.75) is 13.2 Å². The summed E-state index contributed by atoms with van der Waals surface area (Å²) in [7, 11) is 3.27. The molecular weight excluding hydrogens is 182 g/mol. The first-order valence-corrected chi connectivity index (χ1v) is 4.28. The van der Waals surface area contributed by atoms with Crippen molar-refractivity contribution in [3.8, 4) is 5.75 Å². The first-order valence-electron chi connectivity index (χ1n) is 4.28. The number of methoxy groups -OCH3 is 2. The van der Waals surface area contributed by atoms with E-state index in [1.54, 1.807) is 14.2 Å². The number of hydrogen-bond acceptors (Lipinski definition) is 4. The Bertz CT molecular complexity index is 289. The maximum Gasteiger partial charge on any atom is 0.119 e. The highest BCUT2D eigenvalue weighted by Gasteiger charge is 2.03. The predicted molar refractivity (Wildman–Crippen MR) is 52.7 cm³/mol. The molecule has 4 heteroatoms. The van der Waals surface area contributed by atoms with Crippen molar-refractivity contribution < 1.29 is 14.3 Å². The molecule has 0 fully saturated rings. The molecular formula is C10H15NO3. The molecule has 0 radical (unpaired) electrons. The molecule has 1 rings (SSSR count). The largest absolute Gasteiger partial charge is 0.497 e. The molecule has 0 unspecified atom stereocenters. The Morgan fingerprint density at radius 2 is 1.93 bits per heavy atom. The molecule has 0 heterocycles. The molecule has 0 atom stereocenters. The van der Waals surface area contributed by atoms with Crippen molar-refractivity contribution in [3.63, 3.8) is 0 Å². The SMILES string of the molecule is COCc1ccc(OC)cc1CON. The smallest absolute Gasteiger partial charge is 0.119 e. The summed E-state index contributed by atoms with van der Waals surface area (Å²) in [6.07, 6.45) is 0. The summed E-state index contributed by atoms with van der Waals surface area (Å²) in [6.45, 7) is 0.901. The van der Waals surface area contributed by atoms with Gasteiger partial charge in [-0.3, -0.25) is 4.84 Å². The molecule has 1 aromatic rings. The van der Waals surface area contributed by atoms with Gasteiger partial charge in [-0.1, -0.05) is 6.07 Å². The standard InChI is InChI=1S/C10H15NO3/c1-12-6-8-3-4-10(13-2)5-9(8)7-14-11/h3-5H,6-7,11H2,1-2H3. The van der Waals surface area contributed by atoms with Gasteiger partial charge in [-0.05, 0) is 23.3 Å². The van der Waals surface area contributed by atoms with Crippen LogP contribution in [0.4, 0.5) is 0 Å². The van der Waals surface area contributed by atoms with Crippen LogP contribution in [-0.4, -0.2) is 14.2 Å². The predicted octanol–water partition coefficient (Wildman–Crippen LogP) is 1.23. The van der Waals surface area contributed by atoms with E-state index in [2.05, 4.69) is 4.84 Å². The number of hydrogen-bond donors (Lipinski definition) is 1. The fourth-order valence-electron chi connectivity index (χ4n) is 1.25. The lowest BCUT2D eigenvalue weighted by Gasteiger charge is -2.09. The molecule has 14 heavy (non-hydrogen) atoms. The van der Waals surface area contributed by atoms with Crippen LogP contribution in [0.2, 0.25) is 0 Å². The highest BCUT2D eigenvalue weighted by Crippen LogP contribution is 2.18. The van der Waals surface area contributed by atoms with E-state index in [9.17, 15) is 0 Å². The molecule has 0 aromatic heterocycles.